The molecule has 0 bridgehead atoms. The molecule has 1 aromatic carbocycles. The second-order valence-electron chi connectivity index (χ2n) is 5.53. The molecule has 0 saturated heterocycles. The van der Waals surface area contributed by atoms with Gasteiger partial charge in [-0.05, 0) is 31.0 Å². The van der Waals surface area contributed by atoms with Crippen LogP contribution >= 0.6 is 11.6 Å². The molecule has 0 aliphatic heterocycles. The normalized spacial score (nSPS) is 15.7. The number of hydrogen-bond donors (Lipinski definition) is 1. The summed E-state index contributed by atoms with van der Waals surface area (Å²) in [4.78, 5) is 12.1. The van der Waals surface area contributed by atoms with Crippen LogP contribution in [0.4, 0.5) is 10.1 Å². The number of benzene rings is 1. The van der Waals surface area contributed by atoms with Gasteiger partial charge in [0, 0.05) is 17.7 Å². The number of aromatic nitrogens is 1. The van der Waals surface area contributed by atoms with Crippen molar-refractivity contribution >= 4 is 23.2 Å². The summed E-state index contributed by atoms with van der Waals surface area (Å²) in [6.07, 6.45) is 5.76. The molecule has 1 aliphatic carbocycles. The molecule has 1 N–H and O–H groups in total. The molecule has 0 unspecified atom stereocenters. The largest absolute Gasteiger partial charge is 0.360 e. The monoisotopic (exact) mass is 322 g/mol. The summed E-state index contributed by atoms with van der Waals surface area (Å²) in [7, 11) is 0. The first-order valence-corrected chi connectivity index (χ1v) is 7.74. The fourth-order valence-corrected chi connectivity index (χ4v) is 2.93. The topological polar surface area (TPSA) is 55.1 Å². The second-order valence-corrected chi connectivity index (χ2v) is 5.94. The molecule has 1 aliphatic rings. The van der Waals surface area contributed by atoms with Crippen molar-refractivity contribution in [1.82, 2.24) is 5.16 Å². The first kappa shape index (κ1) is 15.0. The molecule has 1 fully saturated rings. The summed E-state index contributed by atoms with van der Waals surface area (Å²) in [5.41, 5.74) is 0.639. The van der Waals surface area contributed by atoms with Crippen LogP contribution in [0.1, 0.15) is 54.3 Å². The zero-order valence-corrected chi connectivity index (χ0v) is 12.7. The van der Waals surface area contributed by atoms with E-state index in [0.29, 0.717) is 11.6 Å². The number of halogens is 2. The number of nitrogens with zero attached hydrogens (tertiary/aromatic N) is 1. The van der Waals surface area contributed by atoms with Crippen molar-refractivity contribution in [3.63, 3.8) is 0 Å². The molecule has 4 nitrogen and oxygen atoms in total. The van der Waals surface area contributed by atoms with E-state index in [1.807, 2.05) is 0 Å². The molecule has 1 saturated carbocycles. The van der Waals surface area contributed by atoms with Crippen molar-refractivity contribution in [1.29, 1.82) is 0 Å². The summed E-state index contributed by atoms with van der Waals surface area (Å²) in [6.45, 7) is 0. The van der Waals surface area contributed by atoms with Crippen LogP contribution in [-0.4, -0.2) is 11.1 Å². The molecule has 116 valence electrons. The number of rotatable bonds is 3. The van der Waals surface area contributed by atoms with Crippen LogP contribution in [0, 0.1) is 5.82 Å². The van der Waals surface area contributed by atoms with Gasteiger partial charge in [-0.2, -0.15) is 0 Å². The molecule has 0 spiro atoms. The number of amides is 1. The predicted octanol–water partition coefficient (Wildman–Crippen LogP) is 4.77. The van der Waals surface area contributed by atoms with Gasteiger partial charge in [-0.15, -0.1) is 0 Å². The third-order valence-corrected chi connectivity index (χ3v) is 4.24. The van der Waals surface area contributed by atoms with E-state index in [0.717, 1.165) is 18.6 Å². The number of nitrogens with one attached hydrogen (secondary N) is 1. The summed E-state index contributed by atoms with van der Waals surface area (Å²) in [6, 6.07) is 5.70. The van der Waals surface area contributed by atoms with Crippen molar-refractivity contribution in [2.45, 2.75) is 38.0 Å². The number of carbonyl (C=O) groups excluding carboxylic acids is 1. The summed E-state index contributed by atoms with van der Waals surface area (Å²) < 4.78 is 18.4. The van der Waals surface area contributed by atoms with E-state index in [2.05, 4.69) is 10.5 Å². The van der Waals surface area contributed by atoms with Crippen LogP contribution in [0.15, 0.2) is 28.8 Å². The molecule has 1 aromatic heterocycles. The Morgan fingerprint density at radius 3 is 2.77 bits per heavy atom. The Hall–Kier alpha value is -1.88. The maximum Gasteiger partial charge on any atom is 0.277 e. The zero-order chi connectivity index (χ0) is 15.5. The molecule has 1 amide bonds. The van der Waals surface area contributed by atoms with Crippen LogP contribution < -0.4 is 5.32 Å². The maximum absolute atomic E-state index is 13.1. The van der Waals surface area contributed by atoms with Gasteiger partial charge in [-0.1, -0.05) is 36.0 Å². The zero-order valence-electron chi connectivity index (χ0n) is 11.9. The van der Waals surface area contributed by atoms with Crippen molar-refractivity contribution in [3.8, 4) is 0 Å². The lowest BCUT2D eigenvalue weighted by Crippen LogP contribution is -2.12. The van der Waals surface area contributed by atoms with E-state index < -0.39 is 11.7 Å². The Labute approximate surface area is 132 Å². The summed E-state index contributed by atoms with van der Waals surface area (Å²) >= 11 is 5.69. The Kier molecular flexibility index (Phi) is 4.43. The first-order valence-electron chi connectivity index (χ1n) is 7.36. The van der Waals surface area contributed by atoms with Gasteiger partial charge in [0.25, 0.3) is 5.91 Å². The summed E-state index contributed by atoms with van der Waals surface area (Å²) in [5.74, 6) is 0.194. The van der Waals surface area contributed by atoms with Gasteiger partial charge in [-0.25, -0.2) is 4.39 Å². The lowest BCUT2D eigenvalue weighted by atomic mass is 9.87. The molecule has 0 atom stereocenters. The molecule has 0 radical (unpaired) electrons. The van der Waals surface area contributed by atoms with E-state index in [4.69, 9.17) is 16.1 Å². The average Bonchev–Trinajstić information content (AvgIpc) is 3.02. The highest BCUT2D eigenvalue weighted by atomic mass is 35.5. The number of carbonyl (C=O) groups is 1. The van der Waals surface area contributed by atoms with E-state index >= 15 is 0 Å². The molecule has 1 heterocycles. The molecular formula is C16H16ClFN2O2. The van der Waals surface area contributed by atoms with E-state index in [1.165, 1.54) is 37.5 Å². The van der Waals surface area contributed by atoms with Crippen LogP contribution in [0.5, 0.6) is 0 Å². The maximum atomic E-state index is 13.1. The third-order valence-electron chi connectivity index (χ3n) is 3.95. The quantitative estimate of drug-likeness (QED) is 0.885. The first-order chi connectivity index (χ1) is 10.6. The van der Waals surface area contributed by atoms with Gasteiger partial charge in [-0.3, -0.25) is 4.79 Å². The van der Waals surface area contributed by atoms with Crippen LogP contribution in [0.2, 0.25) is 5.02 Å². The van der Waals surface area contributed by atoms with Crippen LogP contribution in [0.3, 0.4) is 0 Å². The minimum Gasteiger partial charge on any atom is -0.360 e. The van der Waals surface area contributed by atoms with Crippen LogP contribution in [0.25, 0.3) is 0 Å². The van der Waals surface area contributed by atoms with E-state index in [-0.39, 0.29) is 10.7 Å². The second kappa shape index (κ2) is 6.48. The van der Waals surface area contributed by atoms with E-state index in [1.54, 1.807) is 6.07 Å². The van der Waals surface area contributed by atoms with Gasteiger partial charge < -0.3 is 9.84 Å². The Balaban J connectivity index is 1.69. The molecule has 6 heteroatoms. The van der Waals surface area contributed by atoms with Gasteiger partial charge in [0.05, 0.1) is 5.02 Å². The fourth-order valence-electron chi connectivity index (χ4n) is 2.74. The number of hydrogen-bond acceptors (Lipinski definition) is 3. The minimum atomic E-state index is -0.527. The van der Waals surface area contributed by atoms with Gasteiger partial charge >= 0.3 is 0 Å². The lowest BCUT2D eigenvalue weighted by Gasteiger charge is -2.18. The highest BCUT2D eigenvalue weighted by molar-refractivity contribution is 6.31. The van der Waals surface area contributed by atoms with Gasteiger partial charge in [0.15, 0.2) is 5.69 Å². The molecule has 3 rings (SSSR count). The van der Waals surface area contributed by atoms with Crippen molar-refractivity contribution in [2.75, 3.05) is 5.32 Å². The average molecular weight is 323 g/mol. The third kappa shape index (κ3) is 3.30. The van der Waals surface area contributed by atoms with E-state index in [9.17, 15) is 9.18 Å². The predicted molar refractivity (Wildman–Crippen MR) is 81.7 cm³/mol. The minimum absolute atomic E-state index is 0.0409. The van der Waals surface area contributed by atoms with Crippen LogP contribution in [-0.2, 0) is 0 Å². The molecule has 2 aromatic rings. The van der Waals surface area contributed by atoms with Crippen molar-refractivity contribution < 1.29 is 13.7 Å². The standard InChI is InChI=1S/C16H16ClFN2O2/c17-12-8-11(6-7-13(12)18)19-16(21)14-9-15(22-20-14)10-4-2-1-3-5-10/h6-10H,1-5H2,(H,19,21). The Bertz CT molecular complexity index is 681. The number of anilines is 1. The van der Waals surface area contributed by atoms with Crippen molar-refractivity contribution in [3.05, 3.63) is 46.6 Å². The van der Waals surface area contributed by atoms with Gasteiger partial charge in [0.1, 0.15) is 11.6 Å². The highest BCUT2D eigenvalue weighted by Gasteiger charge is 2.22. The Morgan fingerprint density at radius 1 is 1.27 bits per heavy atom. The van der Waals surface area contributed by atoms with Gasteiger partial charge in [0.2, 0.25) is 0 Å². The SMILES string of the molecule is O=C(Nc1ccc(F)c(Cl)c1)c1cc(C2CCCCC2)on1. The fraction of sp³-hybridized carbons (Fsp3) is 0.375. The lowest BCUT2D eigenvalue weighted by molar-refractivity contribution is 0.101. The smallest absolute Gasteiger partial charge is 0.277 e. The molecular weight excluding hydrogens is 307 g/mol. The summed E-state index contributed by atoms with van der Waals surface area (Å²) in [5, 5.41) is 6.42. The molecule has 22 heavy (non-hydrogen) atoms. The highest BCUT2D eigenvalue weighted by Crippen LogP contribution is 2.32. The van der Waals surface area contributed by atoms with Crippen molar-refractivity contribution in [2.24, 2.45) is 0 Å². The Morgan fingerprint density at radius 2 is 2.05 bits per heavy atom.